The summed E-state index contributed by atoms with van der Waals surface area (Å²) in [5.41, 5.74) is 7.86. The van der Waals surface area contributed by atoms with Crippen molar-refractivity contribution < 1.29 is 13.5 Å². The van der Waals surface area contributed by atoms with E-state index in [1.54, 1.807) is 12.1 Å². The molecule has 0 amide bonds. The summed E-state index contributed by atoms with van der Waals surface area (Å²) in [4.78, 5) is 0. The van der Waals surface area contributed by atoms with Gasteiger partial charge in [-0.15, -0.1) is 4.40 Å². The fourth-order valence-corrected chi connectivity index (χ4v) is 2.99. The SMILES string of the molecule is NC1=NS(=O)(=O)Cc2cccc(/C=C/CCO)c21. The quantitative estimate of drug-likeness (QED) is 0.839. The van der Waals surface area contributed by atoms with Crippen molar-refractivity contribution in [3.05, 3.63) is 41.0 Å². The molecule has 0 unspecified atom stereocenters. The second kappa shape index (κ2) is 4.91. The Morgan fingerprint density at radius 1 is 1.44 bits per heavy atom. The van der Waals surface area contributed by atoms with Gasteiger partial charge in [-0.3, -0.25) is 0 Å². The lowest BCUT2D eigenvalue weighted by molar-refractivity contribution is 0.303. The average molecular weight is 266 g/mol. The van der Waals surface area contributed by atoms with Crippen LogP contribution >= 0.6 is 0 Å². The van der Waals surface area contributed by atoms with Crippen LogP contribution in [0.3, 0.4) is 0 Å². The fraction of sp³-hybridized carbons (Fsp3) is 0.250. The van der Waals surface area contributed by atoms with Crippen molar-refractivity contribution in [2.45, 2.75) is 12.2 Å². The highest BCUT2D eigenvalue weighted by molar-refractivity contribution is 7.89. The van der Waals surface area contributed by atoms with E-state index in [1.165, 1.54) is 0 Å². The molecule has 2 rings (SSSR count). The molecule has 0 bridgehead atoms. The van der Waals surface area contributed by atoms with E-state index in [9.17, 15) is 8.42 Å². The van der Waals surface area contributed by atoms with Crippen molar-refractivity contribution in [2.75, 3.05) is 6.61 Å². The highest BCUT2D eigenvalue weighted by Gasteiger charge is 2.23. The Labute approximate surface area is 106 Å². The van der Waals surface area contributed by atoms with E-state index in [0.29, 0.717) is 17.5 Å². The number of benzene rings is 1. The van der Waals surface area contributed by atoms with Gasteiger partial charge in [-0.25, -0.2) is 8.42 Å². The number of sulfonamides is 1. The van der Waals surface area contributed by atoms with Crippen LogP contribution in [-0.2, 0) is 15.8 Å². The van der Waals surface area contributed by atoms with Crippen LogP contribution in [0.25, 0.3) is 6.08 Å². The van der Waals surface area contributed by atoms with Crippen LogP contribution in [-0.4, -0.2) is 26.0 Å². The number of amidine groups is 1. The predicted molar refractivity (Wildman–Crippen MR) is 70.5 cm³/mol. The standard InChI is InChI=1S/C12H14N2O3S/c13-12-11-9(4-1-2-7-15)5-3-6-10(11)8-18(16,17)14-12/h1,3-6,15H,2,7-8H2,(H2,13,14)/b4-1+. The van der Waals surface area contributed by atoms with Crippen LogP contribution in [0.2, 0.25) is 0 Å². The summed E-state index contributed by atoms with van der Waals surface area (Å²) in [6, 6.07) is 5.36. The van der Waals surface area contributed by atoms with Crippen molar-refractivity contribution in [2.24, 2.45) is 10.1 Å². The minimum atomic E-state index is -3.49. The van der Waals surface area contributed by atoms with Crippen LogP contribution in [0.4, 0.5) is 0 Å². The minimum Gasteiger partial charge on any atom is -0.396 e. The Kier molecular flexibility index (Phi) is 3.49. The summed E-state index contributed by atoms with van der Waals surface area (Å²) in [5.74, 6) is -0.0921. The Hall–Kier alpha value is -1.66. The van der Waals surface area contributed by atoms with Gasteiger partial charge < -0.3 is 10.8 Å². The molecule has 1 heterocycles. The molecule has 1 aromatic rings. The third kappa shape index (κ3) is 2.60. The van der Waals surface area contributed by atoms with E-state index in [4.69, 9.17) is 10.8 Å². The lowest BCUT2D eigenvalue weighted by atomic mass is 10.0. The molecular weight excluding hydrogens is 252 g/mol. The zero-order chi connectivity index (χ0) is 13.2. The first-order valence-electron chi connectivity index (χ1n) is 5.51. The summed E-state index contributed by atoms with van der Waals surface area (Å²) in [7, 11) is -3.49. The van der Waals surface area contributed by atoms with E-state index >= 15 is 0 Å². The van der Waals surface area contributed by atoms with Crippen LogP contribution in [0, 0.1) is 0 Å². The van der Waals surface area contributed by atoms with E-state index in [-0.39, 0.29) is 18.2 Å². The molecule has 0 fully saturated rings. The topological polar surface area (TPSA) is 92.8 Å². The molecule has 3 N–H and O–H groups in total. The van der Waals surface area contributed by atoms with E-state index in [1.807, 2.05) is 18.2 Å². The molecule has 5 nitrogen and oxygen atoms in total. The first-order chi connectivity index (χ1) is 8.53. The van der Waals surface area contributed by atoms with Gasteiger partial charge in [-0.05, 0) is 17.5 Å². The van der Waals surface area contributed by atoms with Gasteiger partial charge in [0.05, 0.1) is 5.75 Å². The molecule has 0 saturated heterocycles. The van der Waals surface area contributed by atoms with Gasteiger partial charge in [0.2, 0.25) is 0 Å². The number of hydrogen-bond donors (Lipinski definition) is 2. The predicted octanol–water partition coefficient (Wildman–Crippen LogP) is 0.631. The zero-order valence-electron chi connectivity index (χ0n) is 9.70. The van der Waals surface area contributed by atoms with E-state index in [0.717, 1.165) is 5.56 Å². The van der Waals surface area contributed by atoms with Gasteiger partial charge in [-0.1, -0.05) is 30.4 Å². The molecule has 96 valence electrons. The van der Waals surface area contributed by atoms with Crippen molar-refractivity contribution in [1.82, 2.24) is 0 Å². The van der Waals surface area contributed by atoms with Crippen molar-refractivity contribution in [3.63, 3.8) is 0 Å². The molecule has 1 aliphatic heterocycles. The molecule has 0 saturated carbocycles. The molecule has 0 aromatic heterocycles. The molecule has 6 heteroatoms. The summed E-state index contributed by atoms with van der Waals surface area (Å²) >= 11 is 0. The molecule has 18 heavy (non-hydrogen) atoms. The molecule has 1 aliphatic rings. The van der Waals surface area contributed by atoms with Crippen LogP contribution < -0.4 is 5.73 Å². The van der Waals surface area contributed by atoms with Gasteiger partial charge >= 0.3 is 0 Å². The largest absolute Gasteiger partial charge is 0.396 e. The number of rotatable bonds is 3. The van der Waals surface area contributed by atoms with Gasteiger partial charge in [-0.2, -0.15) is 0 Å². The number of nitrogens with zero attached hydrogens (tertiary/aromatic N) is 1. The number of aliphatic hydroxyl groups excluding tert-OH is 1. The van der Waals surface area contributed by atoms with E-state index < -0.39 is 10.0 Å². The molecule has 0 spiro atoms. The van der Waals surface area contributed by atoms with Crippen molar-refractivity contribution in [1.29, 1.82) is 0 Å². The Morgan fingerprint density at radius 2 is 2.22 bits per heavy atom. The maximum absolute atomic E-state index is 11.5. The van der Waals surface area contributed by atoms with Gasteiger partial charge in [0.15, 0.2) is 0 Å². The zero-order valence-corrected chi connectivity index (χ0v) is 10.5. The first kappa shape index (κ1) is 12.8. The van der Waals surface area contributed by atoms with Crippen LogP contribution in [0.1, 0.15) is 23.1 Å². The number of nitrogens with two attached hydrogens (primary N) is 1. The fourth-order valence-electron chi connectivity index (χ4n) is 1.90. The smallest absolute Gasteiger partial charge is 0.259 e. The van der Waals surface area contributed by atoms with Crippen LogP contribution in [0.5, 0.6) is 0 Å². The van der Waals surface area contributed by atoms with Gasteiger partial charge in [0.25, 0.3) is 10.0 Å². The van der Waals surface area contributed by atoms with Crippen LogP contribution in [0.15, 0.2) is 28.7 Å². The summed E-state index contributed by atoms with van der Waals surface area (Å²) < 4.78 is 26.5. The molecule has 1 aromatic carbocycles. The third-order valence-corrected chi connectivity index (χ3v) is 3.76. The Bertz CT molecular complexity index is 618. The summed E-state index contributed by atoms with van der Waals surface area (Å²) in [6.07, 6.45) is 4.17. The van der Waals surface area contributed by atoms with Crippen molar-refractivity contribution >= 4 is 21.9 Å². The molecule has 0 atom stereocenters. The molecule has 0 aliphatic carbocycles. The highest BCUT2D eigenvalue weighted by Crippen LogP contribution is 2.23. The number of aliphatic hydroxyl groups is 1. The maximum atomic E-state index is 11.5. The highest BCUT2D eigenvalue weighted by atomic mass is 32.2. The van der Waals surface area contributed by atoms with Gasteiger partial charge in [0.1, 0.15) is 5.84 Å². The number of hydrogen-bond acceptors (Lipinski definition) is 4. The lowest BCUT2D eigenvalue weighted by Gasteiger charge is -2.16. The lowest BCUT2D eigenvalue weighted by Crippen LogP contribution is -2.24. The minimum absolute atomic E-state index is 0.0282. The molecule has 0 radical (unpaired) electrons. The second-order valence-corrected chi connectivity index (χ2v) is 5.63. The maximum Gasteiger partial charge on any atom is 0.259 e. The second-order valence-electron chi connectivity index (χ2n) is 4.00. The Balaban J connectivity index is 2.49. The monoisotopic (exact) mass is 266 g/mol. The first-order valence-corrected chi connectivity index (χ1v) is 7.12. The third-order valence-electron chi connectivity index (χ3n) is 2.61. The van der Waals surface area contributed by atoms with Crippen molar-refractivity contribution in [3.8, 4) is 0 Å². The van der Waals surface area contributed by atoms with Gasteiger partial charge in [0, 0.05) is 12.2 Å². The Morgan fingerprint density at radius 3 is 2.94 bits per heavy atom. The number of fused-ring (bicyclic) bond motifs is 1. The average Bonchev–Trinajstić information content (AvgIpc) is 2.27. The summed E-state index contributed by atoms with van der Waals surface area (Å²) in [6.45, 7) is 0.0729. The molecular formula is C12H14N2O3S. The normalized spacial score (nSPS) is 17.5. The van der Waals surface area contributed by atoms with E-state index in [2.05, 4.69) is 4.40 Å². The summed E-state index contributed by atoms with van der Waals surface area (Å²) in [5, 5.41) is 8.72.